The van der Waals surface area contributed by atoms with Crippen molar-refractivity contribution in [2.75, 3.05) is 6.61 Å². The first kappa shape index (κ1) is 19.9. The van der Waals surface area contributed by atoms with Crippen molar-refractivity contribution in [2.24, 2.45) is 5.92 Å². The van der Waals surface area contributed by atoms with Gasteiger partial charge in [0.25, 0.3) is 0 Å². The van der Waals surface area contributed by atoms with E-state index in [1.807, 2.05) is 13.8 Å². The molecule has 4 atom stereocenters. The maximum absolute atomic E-state index is 6.27. The van der Waals surface area contributed by atoms with E-state index in [0.717, 1.165) is 6.42 Å². The Labute approximate surface area is 136 Å². The van der Waals surface area contributed by atoms with E-state index in [0.29, 0.717) is 12.5 Å². The quantitative estimate of drug-likeness (QED) is 0.648. The third-order valence-corrected chi connectivity index (χ3v) is 3.56. The molecule has 0 saturated carbocycles. The average Bonchev–Trinajstić information content (AvgIpc) is 2.63. The average molecular weight is 316 g/mol. The molecule has 132 valence electrons. The van der Waals surface area contributed by atoms with Crippen LogP contribution >= 0.6 is 0 Å². The summed E-state index contributed by atoms with van der Waals surface area (Å²) in [6, 6.07) is 0. The lowest BCUT2D eigenvalue weighted by molar-refractivity contribution is -0.113. The summed E-state index contributed by atoms with van der Waals surface area (Å²) in [5.74, 6) is 0.563. The van der Waals surface area contributed by atoms with Crippen LogP contribution in [-0.2, 0) is 18.9 Å². The van der Waals surface area contributed by atoms with E-state index >= 15 is 0 Å². The maximum Gasteiger partial charge on any atom is 0.115 e. The van der Waals surface area contributed by atoms with Crippen LogP contribution in [0.1, 0.15) is 61.8 Å². The summed E-state index contributed by atoms with van der Waals surface area (Å²) in [6.45, 7) is 17.3. The predicted octanol–water partition coefficient (Wildman–Crippen LogP) is 3.81. The Morgan fingerprint density at radius 2 is 1.23 bits per heavy atom. The summed E-state index contributed by atoms with van der Waals surface area (Å²) in [4.78, 5) is 0. The molecule has 0 bridgehead atoms. The second-order valence-corrected chi connectivity index (χ2v) is 7.52. The number of ether oxygens (including phenoxy) is 4. The van der Waals surface area contributed by atoms with Gasteiger partial charge in [0.1, 0.15) is 18.3 Å². The lowest BCUT2D eigenvalue weighted by atomic mass is 9.99. The fourth-order valence-corrected chi connectivity index (χ4v) is 2.84. The van der Waals surface area contributed by atoms with Gasteiger partial charge in [-0.15, -0.1) is 0 Å². The molecule has 0 aromatic carbocycles. The van der Waals surface area contributed by atoms with Gasteiger partial charge in [-0.2, -0.15) is 0 Å². The third kappa shape index (κ3) is 6.53. The zero-order valence-corrected chi connectivity index (χ0v) is 15.7. The van der Waals surface area contributed by atoms with Crippen LogP contribution in [-0.4, -0.2) is 49.3 Å². The molecule has 0 spiro atoms. The molecule has 0 aliphatic carbocycles. The Morgan fingerprint density at radius 3 is 1.64 bits per heavy atom. The van der Waals surface area contributed by atoms with Gasteiger partial charge >= 0.3 is 0 Å². The molecule has 1 fully saturated rings. The summed E-state index contributed by atoms with van der Waals surface area (Å²) < 4.78 is 24.4. The number of hydrogen-bond acceptors (Lipinski definition) is 4. The minimum atomic E-state index is -0.0649. The highest BCUT2D eigenvalue weighted by molar-refractivity contribution is 4.94. The summed E-state index contributed by atoms with van der Waals surface area (Å²) in [6.07, 6.45) is 1.40. The molecule has 4 nitrogen and oxygen atoms in total. The van der Waals surface area contributed by atoms with Crippen molar-refractivity contribution in [2.45, 2.75) is 105 Å². The minimum absolute atomic E-state index is 0.0226. The van der Waals surface area contributed by atoms with Crippen molar-refractivity contribution in [1.29, 1.82) is 0 Å². The van der Waals surface area contributed by atoms with E-state index < -0.39 is 0 Å². The lowest BCUT2D eigenvalue weighted by Crippen LogP contribution is -2.42. The van der Waals surface area contributed by atoms with Crippen molar-refractivity contribution in [3.63, 3.8) is 0 Å². The Bertz CT molecular complexity index is 301. The standard InChI is InChI=1S/C18H36O4/c1-11(2)9-15-17(20-13(5)6)18(21-14(7)8)16(22-15)10-19-12(3)4/h11-18H,9-10H2,1-8H3. The highest BCUT2D eigenvalue weighted by atomic mass is 16.6. The zero-order valence-electron chi connectivity index (χ0n) is 15.7. The molecule has 4 heteroatoms. The van der Waals surface area contributed by atoms with Crippen molar-refractivity contribution in [1.82, 2.24) is 0 Å². The first-order valence-electron chi connectivity index (χ1n) is 8.78. The van der Waals surface area contributed by atoms with Gasteiger partial charge in [0.05, 0.1) is 31.0 Å². The molecule has 0 radical (unpaired) electrons. The van der Waals surface area contributed by atoms with Crippen molar-refractivity contribution in [3.05, 3.63) is 0 Å². The normalized spacial score (nSPS) is 29.5. The van der Waals surface area contributed by atoms with E-state index in [2.05, 4.69) is 41.5 Å². The summed E-state index contributed by atoms with van der Waals surface area (Å²) in [5.41, 5.74) is 0. The molecule has 0 aromatic heterocycles. The maximum atomic E-state index is 6.27. The molecule has 1 aliphatic rings. The molecular formula is C18H36O4. The van der Waals surface area contributed by atoms with Gasteiger partial charge in [-0.3, -0.25) is 0 Å². The van der Waals surface area contributed by atoms with E-state index in [1.165, 1.54) is 0 Å². The van der Waals surface area contributed by atoms with E-state index in [-0.39, 0.29) is 42.7 Å². The van der Waals surface area contributed by atoms with Gasteiger partial charge in [0.15, 0.2) is 0 Å². The summed E-state index contributed by atoms with van der Waals surface area (Å²) in [5, 5.41) is 0. The van der Waals surface area contributed by atoms with Gasteiger partial charge in [-0.05, 0) is 53.9 Å². The van der Waals surface area contributed by atoms with Crippen LogP contribution in [0.3, 0.4) is 0 Å². The molecule has 4 unspecified atom stereocenters. The molecule has 1 aliphatic heterocycles. The first-order valence-corrected chi connectivity index (χ1v) is 8.78. The second kappa shape index (κ2) is 9.21. The van der Waals surface area contributed by atoms with Crippen LogP contribution < -0.4 is 0 Å². The van der Waals surface area contributed by atoms with E-state index in [4.69, 9.17) is 18.9 Å². The van der Waals surface area contributed by atoms with Crippen molar-refractivity contribution in [3.8, 4) is 0 Å². The van der Waals surface area contributed by atoms with E-state index in [9.17, 15) is 0 Å². The van der Waals surface area contributed by atoms with Crippen LogP contribution in [0.2, 0.25) is 0 Å². The highest BCUT2D eigenvalue weighted by Gasteiger charge is 2.47. The summed E-state index contributed by atoms with van der Waals surface area (Å²) >= 11 is 0. The first-order chi connectivity index (χ1) is 10.2. The Morgan fingerprint density at radius 1 is 0.727 bits per heavy atom. The molecule has 0 aromatic rings. The highest BCUT2D eigenvalue weighted by Crippen LogP contribution is 2.32. The van der Waals surface area contributed by atoms with Crippen LogP contribution in [0.25, 0.3) is 0 Å². The van der Waals surface area contributed by atoms with Gasteiger partial charge in [0.2, 0.25) is 0 Å². The largest absolute Gasteiger partial charge is 0.376 e. The zero-order chi connectivity index (χ0) is 16.9. The molecular weight excluding hydrogens is 280 g/mol. The fourth-order valence-electron chi connectivity index (χ4n) is 2.84. The Balaban J connectivity index is 2.85. The molecule has 1 heterocycles. The SMILES string of the molecule is CC(C)CC1OC(COC(C)C)C(OC(C)C)C1OC(C)C. The smallest absolute Gasteiger partial charge is 0.115 e. The van der Waals surface area contributed by atoms with E-state index in [1.54, 1.807) is 0 Å². The van der Waals surface area contributed by atoms with Gasteiger partial charge in [-0.25, -0.2) is 0 Å². The van der Waals surface area contributed by atoms with Gasteiger partial charge in [0, 0.05) is 0 Å². The Hall–Kier alpha value is -0.160. The molecule has 0 N–H and O–H groups in total. The van der Waals surface area contributed by atoms with Crippen LogP contribution in [0.5, 0.6) is 0 Å². The minimum Gasteiger partial charge on any atom is -0.376 e. The molecule has 0 amide bonds. The number of hydrogen-bond donors (Lipinski definition) is 0. The molecule has 1 rings (SSSR count). The predicted molar refractivity (Wildman–Crippen MR) is 89.2 cm³/mol. The number of rotatable bonds is 9. The van der Waals surface area contributed by atoms with Crippen molar-refractivity contribution >= 4 is 0 Å². The van der Waals surface area contributed by atoms with Crippen molar-refractivity contribution < 1.29 is 18.9 Å². The van der Waals surface area contributed by atoms with Crippen LogP contribution in [0.4, 0.5) is 0 Å². The van der Waals surface area contributed by atoms with Gasteiger partial charge < -0.3 is 18.9 Å². The fraction of sp³-hybridized carbons (Fsp3) is 1.00. The lowest BCUT2D eigenvalue weighted by Gasteiger charge is -2.28. The van der Waals surface area contributed by atoms with Gasteiger partial charge in [-0.1, -0.05) is 13.8 Å². The molecule has 22 heavy (non-hydrogen) atoms. The van der Waals surface area contributed by atoms with Crippen LogP contribution in [0, 0.1) is 5.92 Å². The second-order valence-electron chi connectivity index (χ2n) is 7.52. The topological polar surface area (TPSA) is 36.9 Å². The molecule has 1 saturated heterocycles. The third-order valence-electron chi connectivity index (χ3n) is 3.56. The Kier molecular flexibility index (Phi) is 8.33. The summed E-state index contributed by atoms with van der Waals surface area (Å²) in [7, 11) is 0. The monoisotopic (exact) mass is 316 g/mol. The van der Waals surface area contributed by atoms with Crippen LogP contribution in [0.15, 0.2) is 0 Å².